The lowest BCUT2D eigenvalue weighted by molar-refractivity contribution is 0.704. The molecule has 2 atom stereocenters. The molecule has 2 fully saturated rings. The summed E-state index contributed by atoms with van der Waals surface area (Å²) in [5, 5.41) is 2.00. The van der Waals surface area contributed by atoms with Gasteiger partial charge in [-0.25, -0.2) is 0 Å². The van der Waals surface area contributed by atoms with E-state index >= 15 is 0 Å². The van der Waals surface area contributed by atoms with Crippen LogP contribution in [0.5, 0.6) is 0 Å². The second-order valence-electron chi connectivity index (χ2n) is 2.98. The van der Waals surface area contributed by atoms with Crippen LogP contribution >= 0.6 is 31.4 Å². The van der Waals surface area contributed by atoms with Gasteiger partial charge in [0.25, 0.3) is 0 Å². The van der Waals surface area contributed by atoms with Crippen molar-refractivity contribution < 1.29 is 0 Å². The van der Waals surface area contributed by atoms with Crippen molar-refractivity contribution in [2.45, 2.75) is 42.6 Å². The molecule has 2 aliphatic rings. The monoisotopic (exact) mass is 192 g/mol. The quantitative estimate of drug-likeness (QED) is 0.537. The zero-order chi connectivity index (χ0) is 6.81. The molecule has 0 N–H and O–H groups in total. The number of fused-ring (bicyclic) bond motifs is 1. The smallest absolute Gasteiger partial charge is 0.0287 e. The molecule has 10 heavy (non-hydrogen) atoms. The molecule has 0 amide bonds. The Morgan fingerprint density at radius 3 is 2.00 bits per heavy atom. The van der Waals surface area contributed by atoms with Crippen LogP contribution in [-0.2, 0) is 0 Å². The van der Waals surface area contributed by atoms with Crippen molar-refractivity contribution >= 4 is 31.4 Å². The second kappa shape index (κ2) is 3.63. The fraction of sp³-hybridized carbons (Fsp3) is 1.00. The normalized spacial score (nSPS) is 40.8. The average Bonchev–Trinajstić information content (AvgIpc) is 2.28. The van der Waals surface area contributed by atoms with Crippen molar-refractivity contribution in [3.8, 4) is 0 Å². The predicted molar refractivity (Wildman–Crippen MR) is 53.4 cm³/mol. The molecule has 1 aliphatic heterocycles. The van der Waals surface area contributed by atoms with Gasteiger partial charge in [0, 0.05) is 10.5 Å². The van der Waals surface area contributed by atoms with Gasteiger partial charge in [-0.3, -0.25) is 0 Å². The van der Waals surface area contributed by atoms with Gasteiger partial charge in [0.05, 0.1) is 0 Å². The fourth-order valence-corrected chi connectivity index (χ4v) is 7.98. The first-order valence-electron chi connectivity index (χ1n) is 3.95. The van der Waals surface area contributed by atoms with Crippen LogP contribution in [0.15, 0.2) is 0 Å². The molecule has 0 aromatic heterocycles. The summed E-state index contributed by atoms with van der Waals surface area (Å²) in [4.78, 5) is 0. The first-order chi connectivity index (χ1) is 4.97. The minimum absolute atomic E-state index is 0.998. The van der Waals surface area contributed by atoms with Crippen LogP contribution in [0, 0.1) is 0 Å². The molecule has 1 heterocycles. The largest absolute Gasteiger partial charge is 0.0779 e. The lowest BCUT2D eigenvalue weighted by Crippen LogP contribution is -2.12. The molecular weight excluding hydrogens is 180 g/mol. The Balaban J connectivity index is 1.95. The zero-order valence-electron chi connectivity index (χ0n) is 5.91. The van der Waals surface area contributed by atoms with Gasteiger partial charge in [0.1, 0.15) is 0 Å². The third kappa shape index (κ3) is 1.62. The highest BCUT2D eigenvalue weighted by Gasteiger charge is 2.30. The maximum Gasteiger partial charge on any atom is 0.0287 e. The Kier molecular flexibility index (Phi) is 2.79. The SMILES string of the molecule is C1CC[C@@H]2SSS[C@@H]2CC1. The third-order valence-electron chi connectivity index (χ3n) is 2.22. The molecule has 3 heteroatoms. The minimum atomic E-state index is 0.998. The van der Waals surface area contributed by atoms with Crippen molar-refractivity contribution in [3.63, 3.8) is 0 Å². The topological polar surface area (TPSA) is 0 Å². The van der Waals surface area contributed by atoms with Gasteiger partial charge in [0.2, 0.25) is 0 Å². The van der Waals surface area contributed by atoms with E-state index < -0.39 is 0 Å². The lowest BCUT2D eigenvalue weighted by Gasteiger charge is -2.10. The maximum absolute atomic E-state index is 2.12. The Morgan fingerprint density at radius 1 is 0.800 bits per heavy atom. The van der Waals surface area contributed by atoms with Crippen LogP contribution in [0.3, 0.4) is 0 Å². The van der Waals surface area contributed by atoms with E-state index in [1.165, 1.54) is 32.1 Å². The highest BCUT2D eigenvalue weighted by atomic mass is 33.5. The van der Waals surface area contributed by atoms with Crippen LogP contribution in [-0.4, -0.2) is 10.5 Å². The van der Waals surface area contributed by atoms with Gasteiger partial charge in [-0.1, -0.05) is 40.9 Å². The van der Waals surface area contributed by atoms with Crippen molar-refractivity contribution in [2.24, 2.45) is 0 Å². The second-order valence-corrected chi connectivity index (χ2v) is 7.50. The summed E-state index contributed by atoms with van der Waals surface area (Å²) in [6.45, 7) is 0. The van der Waals surface area contributed by atoms with Crippen LogP contribution in [0.2, 0.25) is 0 Å². The summed E-state index contributed by atoms with van der Waals surface area (Å²) >= 11 is 0. The molecule has 0 unspecified atom stereocenters. The summed E-state index contributed by atoms with van der Waals surface area (Å²) in [6, 6.07) is 0. The number of hydrogen-bond donors (Lipinski definition) is 0. The van der Waals surface area contributed by atoms with E-state index in [1.54, 1.807) is 0 Å². The molecular formula is C7H12S3. The van der Waals surface area contributed by atoms with Crippen molar-refractivity contribution in [3.05, 3.63) is 0 Å². The van der Waals surface area contributed by atoms with Gasteiger partial charge in [0.15, 0.2) is 0 Å². The highest BCUT2D eigenvalue weighted by molar-refractivity contribution is 9.11. The lowest BCUT2D eigenvalue weighted by atomic mass is 10.2. The van der Waals surface area contributed by atoms with Gasteiger partial charge in [-0.2, -0.15) is 0 Å². The molecule has 1 aliphatic carbocycles. The molecule has 0 nitrogen and oxygen atoms in total. The molecule has 0 spiro atoms. The Hall–Kier alpha value is 1.05. The van der Waals surface area contributed by atoms with Gasteiger partial charge >= 0.3 is 0 Å². The third-order valence-corrected chi connectivity index (χ3v) is 7.54. The first kappa shape index (κ1) is 7.69. The van der Waals surface area contributed by atoms with Gasteiger partial charge in [-0.15, -0.1) is 0 Å². The van der Waals surface area contributed by atoms with Gasteiger partial charge in [-0.05, 0) is 22.7 Å². The molecule has 58 valence electrons. The minimum Gasteiger partial charge on any atom is -0.0779 e. The van der Waals surface area contributed by atoms with Crippen LogP contribution < -0.4 is 0 Å². The Bertz CT molecular complexity index is 103. The van der Waals surface area contributed by atoms with Crippen LogP contribution in [0.4, 0.5) is 0 Å². The van der Waals surface area contributed by atoms with Crippen molar-refractivity contribution in [2.75, 3.05) is 0 Å². The summed E-state index contributed by atoms with van der Waals surface area (Å²) < 4.78 is 0. The van der Waals surface area contributed by atoms with E-state index in [0.717, 1.165) is 10.5 Å². The van der Waals surface area contributed by atoms with Crippen molar-refractivity contribution in [1.82, 2.24) is 0 Å². The van der Waals surface area contributed by atoms with E-state index in [9.17, 15) is 0 Å². The van der Waals surface area contributed by atoms with Crippen LogP contribution in [0.25, 0.3) is 0 Å². The van der Waals surface area contributed by atoms with Crippen molar-refractivity contribution in [1.29, 1.82) is 0 Å². The molecule has 1 saturated heterocycles. The van der Waals surface area contributed by atoms with Crippen LogP contribution in [0.1, 0.15) is 32.1 Å². The van der Waals surface area contributed by atoms with E-state index in [-0.39, 0.29) is 0 Å². The summed E-state index contributed by atoms with van der Waals surface area (Å²) in [7, 11) is 6.26. The number of hydrogen-bond acceptors (Lipinski definition) is 3. The molecule has 1 saturated carbocycles. The van der Waals surface area contributed by atoms with E-state index in [2.05, 4.69) is 21.6 Å². The standard InChI is InChI=1S/C7H12S3/c1-2-4-6-7(5-3-1)9-10-8-6/h6-7H,1-5H2/t6-,7+. The first-order valence-corrected chi connectivity index (χ1v) is 7.56. The molecule has 0 radical (unpaired) electrons. The predicted octanol–water partition coefficient (Wildman–Crippen LogP) is 3.73. The zero-order valence-corrected chi connectivity index (χ0v) is 8.36. The Morgan fingerprint density at radius 2 is 1.40 bits per heavy atom. The molecule has 0 aromatic carbocycles. The molecule has 2 rings (SSSR count). The number of rotatable bonds is 0. The van der Waals surface area contributed by atoms with E-state index in [1.807, 2.05) is 9.83 Å². The van der Waals surface area contributed by atoms with Gasteiger partial charge < -0.3 is 0 Å². The summed E-state index contributed by atoms with van der Waals surface area (Å²) in [5.74, 6) is 0. The average molecular weight is 192 g/mol. The summed E-state index contributed by atoms with van der Waals surface area (Å²) in [5.41, 5.74) is 0. The fourth-order valence-electron chi connectivity index (χ4n) is 1.58. The molecule has 0 bridgehead atoms. The van der Waals surface area contributed by atoms with E-state index in [4.69, 9.17) is 0 Å². The summed E-state index contributed by atoms with van der Waals surface area (Å²) in [6.07, 6.45) is 7.41. The van der Waals surface area contributed by atoms with E-state index in [0.29, 0.717) is 0 Å². The maximum atomic E-state index is 2.12. The highest BCUT2D eigenvalue weighted by Crippen LogP contribution is 2.55. The Labute approximate surface area is 74.1 Å². The molecule has 0 aromatic rings.